The largest absolute Gasteiger partial charge is 0.396 e. The predicted molar refractivity (Wildman–Crippen MR) is 94.7 cm³/mol. The van der Waals surface area contributed by atoms with Crippen LogP contribution < -0.4 is 11.1 Å². The second kappa shape index (κ2) is 6.29. The van der Waals surface area contributed by atoms with Crippen LogP contribution in [0.4, 0.5) is 11.8 Å². The van der Waals surface area contributed by atoms with Crippen LogP contribution in [0.3, 0.4) is 0 Å². The molecule has 2 atom stereocenters. The Hall–Kier alpha value is -2.32. The number of hydrogen-bond donors (Lipinski definition) is 3. The van der Waals surface area contributed by atoms with Crippen molar-refractivity contribution in [3.05, 3.63) is 24.5 Å². The molecule has 1 saturated carbocycles. The smallest absolute Gasteiger partial charge is 0.221 e. The maximum atomic E-state index is 9.32. The van der Waals surface area contributed by atoms with E-state index in [0.29, 0.717) is 11.7 Å². The van der Waals surface area contributed by atoms with Gasteiger partial charge in [0.2, 0.25) is 5.95 Å². The van der Waals surface area contributed by atoms with Gasteiger partial charge in [0.1, 0.15) is 21.2 Å². The van der Waals surface area contributed by atoms with E-state index < -0.39 is 0 Å². The Morgan fingerprint density at radius 3 is 3.00 bits per heavy atom. The average molecular weight is 342 g/mol. The van der Waals surface area contributed by atoms with E-state index in [4.69, 9.17) is 5.73 Å². The van der Waals surface area contributed by atoms with E-state index in [1.54, 1.807) is 12.4 Å². The number of rotatable bonds is 4. The van der Waals surface area contributed by atoms with Crippen LogP contribution in [0.15, 0.2) is 24.5 Å². The number of aliphatic hydroxyl groups excluding tert-OH is 1. The number of nitrogens with two attached hydrogens (primary N) is 1. The molecule has 1 aliphatic rings. The standard InChI is InChI=1S/C16H18N6OS/c17-16-19-7-11(14-21-12-2-1-5-18-15(12)24-14)13(22-16)20-10-4-3-9(6-10)8-23/h1-2,5,7,9-10,23H,3-4,6,8H2,(H3,17,19,20,22). The first kappa shape index (κ1) is 15.2. The third kappa shape index (κ3) is 2.90. The molecule has 2 unspecified atom stereocenters. The van der Waals surface area contributed by atoms with Crippen molar-refractivity contribution >= 4 is 33.5 Å². The zero-order valence-corrected chi connectivity index (χ0v) is 13.8. The Kier molecular flexibility index (Phi) is 3.99. The summed E-state index contributed by atoms with van der Waals surface area (Å²) >= 11 is 1.51. The van der Waals surface area contributed by atoms with Gasteiger partial charge in [-0.05, 0) is 37.3 Å². The number of nitrogens with one attached hydrogen (secondary N) is 1. The third-order valence-corrected chi connectivity index (χ3v) is 5.36. The molecule has 0 saturated heterocycles. The van der Waals surface area contributed by atoms with E-state index in [2.05, 4.69) is 25.3 Å². The van der Waals surface area contributed by atoms with E-state index in [-0.39, 0.29) is 18.6 Å². The lowest BCUT2D eigenvalue weighted by atomic mass is 10.1. The molecule has 3 aromatic rings. The van der Waals surface area contributed by atoms with Gasteiger partial charge in [-0.25, -0.2) is 15.0 Å². The summed E-state index contributed by atoms with van der Waals surface area (Å²) in [5, 5.41) is 13.6. The number of hydrogen-bond acceptors (Lipinski definition) is 8. The Balaban J connectivity index is 1.68. The number of aromatic nitrogens is 4. The van der Waals surface area contributed by atoms with Gasteiger partial charge in [-0.3, -0.25) is 0 Å². The topological polar surface area (TPSA) is 110 Å². The van der Waals surface area contributed by atoms with E-state index in [1.165, 1.54) is 11.3 Å². The minimum Gasteiger partial charge on any atom is -0.396 e. The van der Waals surface area contributed by atoms with Crippen molar-refractivity contribution in [2.24, 2.45) is 5.92 Å². The fraction of sp³-hybridized carbons (Fsp3) is 0.375. The van der Waals surface area contributed by atoms with Gasteiger partial charge in [-0.2, -0.15) is 4.98 Å². The van der Waals surface area contributed by atoms with Crippen LogP contribution in [0.1, 0.15) is 19.3 Å². The zero-order valence-electron chi connectivity index (χ0n) is 13.0. The van der Waals surface area contributed by atoms with Crippen LogP contribution in [0.5, 0.6) is 0 Å². The maximum Gasteiger partial charge on any atom is 0.221 e. The van der Waals surface area contributed by atoms with Crippen LogP contribution in [0, 0.1) is 5.92 Å². The number of nitrogen functional groups attached to an aromatic ring is 1. The lowest BCUT2D eigenvalue weighted by Crippen LogP contribution is -2.18. The Bertz CT molecular complexity index is 834. The highest BCUT2D eigenvalue weighted by Gasteiger charge is 2.25. The highest BCUT2D eigenvalue weighted by Crippen LogP contribution is 2.35. The molecule has 24 heavy (non-hydrogen) atoms. The summed E-state index contributed by atoms with van der Waals surface area (Å²) in [4.78, 5) is 18.4. The van der Waals surface area contributed by atoms with Crippen molar-refractivity contribution < 1.29 is 5.11 Å². The molecule has 124 valence electrons. The molecule has 4 N–H and O–H groups in total. The quantitative estimate of drug-likeness (QED) is 0.667. The van der Waals surface area contributed by atoms with E-state index in [1.807, 2.05) is 12.1 Å². The summed E-state index contributed by atoms with van der Waals surface area (Å²) in [5.41, 5.74) is 7.47. The van der Waals surface area contributed by atoms with Gasteiger partial charge in [-0.15, -0.1) is 0 Å². The van der Waals surface area contributed by atoms with Gasteiger partial charge < -0.3 is 16.2 Å². The predicted octanol–water partition coefficient (Wildman–Crippen LogP) is 2.30. The fourth-order valence-electron chi connectivity index (χ4n) is 3.11. The lowest BCUT2D eigenvalue weighted by Gasteiger charge is -2.15. The minimum absolute atomic E-state index is 0.234. The molecule has 3 aromatic heterocycles. The van der Waals surface area contributed by atoms with Gasteiger partial charge in [0.25, 0.3) is 0 Å². The molecular formula is C16H18N6OS. The number of aliphatic hydroxyl groups is 1. The molecule has 0 bridgehead atoms. The van der Waals surface area contributed by atoms with Crippen LogP contribution in [0.2, 0.25) is 0 Å². The second-order valence-corrected chi connectivity index (χ2v) is 7.02. The van der Waals surface area contributed by atoms with Crippen molar-refractivity contribution in [3.63, 3.8) is 0 Å². The molecule has 0 radical (unpaired) electrons. The Morgan fingerprint density at radius 2 is 2.21 bits per heavy atom. The average Bonchev–Trinajstić information content (AvgIpc) is 3.21. The van der Waals surface area contributed by atoms with Crippen LogP contribution in [-0.4, -0.2) is 37.7 Å². The molecule has 8 heteroatoms. The normalized spacial score (nSPS) is 20.5. The number of anilines is 2. The summed E-state index contributed by atoms with van der Waals surface area (Å²) in [7, 11) is 0. The number of nitrogens with zero attached hydrogens (tertiary/aromatic N) is 4. The number of pyridine rings is 1. The Labute approximate surface area is 143 Å². The molecule has 1 fully saturated rings. The zero-order chi connectivity index (χ0) is 16.5. The van der Waals surface area contributed by atoms with Gasteiger partial charge in [0.15, 0.2) is 0 Å². The lowest BCUT2D eigenvalue weighted by molar-refractivity contribution is 0.229. The Morgan fingerprint density at radius 1 is 1.29 bits per heavy atom. The molecule has 4 rings (SSSR count). The van der Waals surface area contributed by atoms with E-state index in [9.17, 15) is 5.11 Å². The van der Waals surface area contributed by atoms with Crippen molar-refractivity contribution in [2.45, 2.75) is 25.3 Å². The second-order valence-electron chi connectivity index (χ2n) is 6.04. The first-order valence-electron chi connectivity index (χ1n) is 7.95. The fourth-order valence-corrected chi connectivity index (χ4v) is 4.03. The minimum atomic E-state index is 0.234. The first-order valence-corrected chi connectivity index (χ1v) is 8.76. The monoisotopic (exact) mass is 342 g/mol. The number of fused-ring (bicyclic) bond motifs is 1. The molecule has 7 nitrogen and oxygen atoms in total. The summed E-state index contributed by atoms with van der Waals surface area (Å²) in [5.74, 6) is 1.29. The summed E-state index contributed by atoms with van der Waals surface area (Å²) in [6, 6.07) is 4.09. The molecule has 0 spiro atoms. The van der Waals surface area contributed by atoms with Gasteiger partial charge in [-0.1, -0.05) is 11.3 Å². The highest BCUT2D eigenvalue weighted by molar-refractivity contribution is 7.21. The highest BCUT2D eigenvalue weighted by atomic mass is 32.1. The van der Waals surface area contributed by atoms with E-state index >= 15 is 0 Å². The van der Waals surface area contributed by atoms with Crippen molar-refractivity contribution in [3.8, 4) is 10.6 Å². The van der Waals surface area contributed by atoms with E-state index in [0.717, 1.165) is 40.2 Å². The number of thiazole rings is 1. The SMILES string of the molecule is Nc1ncc(-c2nc3cccnc3s2)c(NC2CCC(CO)C2)n1. The molecule has 3 heterocycles. The molecular weight excluding hydrogens is 324 g/mol. The van der Waals surface area contributed by atoms with Crippen molar-refractivity contribution in [1.82, 2.24) is 19.9 Å². The van der Waals surface area contributed by atoms with Crippen LogP contribution >= 0.6 is 11.3 Å². The van der Waals surface area contributed by atoms with Crippen molar-refractivity contribution in [2.75, 3.05) is 17.7 Å². The molecule has 0 aliphatic heterocycles. The first-order chi connectivity index (χ1) is 11.7. The van der Waals surface area contributed by atoms with Crippen LogP contribution in [0.25, 0.3) is 20.9 Å². The van der Waals surface area contributed by atoms with Gasteiger partial charge in [0, 0.05) is 25.0 Å². The molecule has 0 amide bonds. The van der Waals surface area contributed by atoms with Crippen LogP contribution in [-0.2, 0) is 0 Å². The maximum absolute atomic E-state index is 9.32. The summed E-state index contributed by atoms with van der Waals surface area (Å²) in [6.45, 7) is 0.237. The molecule has 1 aliphatic carbocycles. The summed E-state index contributed by atoms with van der Waals surface area (Å²) in [6.07, 6.45) is 6.43. The molecule has 0 aromatic carbocycles. The van der Waals surface area contributed by atoms with Gasteiger partial charge >= 0.3 is 0 Å². The summed E-state index contributed by atoms with van der Waals surface area (Å²) < 4.78 is 0. The van der Waals surface area contributed by atoms with Gasteiger partial charge in [0.05, 0.1) is 5.56 Å². The van der Waals surface area contributed by atoms with Crippen molar-refractivity contribution in [1.29, 1.82) is 0 Å². The third-order valence-electron chi connectivity index (χ3n) is 4.34.